The van der Waals surface area contributed by atoms with Gasteiger partial charge in [0.25, 0.3) is 5.69 Å². The Morgan fingerprint density at radius 1 is 0.955 bits per heavy atom. The van der Waals surface area contributed by atoms with Crippen LogP contribution in [0.2, 0.25) is 0 Å². The van der Waals surface area contributed by atoms with Gasteiger partial charge in [-0.15, -0.1) is 0 Å². The zero-order valence-corrected chi connectivity index (χ0v) is 11.8. The summed E-state index contributed by atoms with van der Waals surface area (Å²) in [7, 11) is 0. The van der Waals surface area contributed by atoms with Gasteiger partial charge in [-0.05, 0) is 23.3 Å². The minimum Gasteiger partial charge on any atom is -0.459 e. The lowest BCUT2D eigenvalue weighted by atomic mass is 10.2. The topological polar surface area (TPSA) is 78.7 Å². The fourth-order valence-corrected chi connectivity index (χ4v) is 1.75. The number of benzene rings is 2. The highest BCUT2D eigenvalue weighted by molar-refractivity contribution is 5.70. The van der Waals surface area contributed by atoms with Crippen molar-refractivity contribution in [1.82, 2.24) is 0 Å². The lowest BCUT2D eigenvalue weighted by molar-refractivity contribution is -0.384. The Hall–Kier alpha value is -2.73. The van der Waals surface area contributed by atoms with E-state index in [0.717, 1.165) is 11.1 Å². The van der Waals surface area contributed by atoms with Crippen molar-refractivity contribution in [1.29, 1.82) is 0 Å². The van der Waals surface area contributed by atoms with E-state index in [-0.39, 0.29) is 25.5 Å². The van der Waals surface area contributed by atoms with Crippen molar-refractivity contribution in [2.45, 2.75) is 13.2 Å². The van der Waals surface area contributed by atoms with Crippen LogP contribution in [0.3, 0.4) is 0 Å². The Balaban J connectivity index is 1.69. The maximum absolute atomic E-state index is 11.5. The molecule has 0 aliphatic carbocycles. The standard InChI is InChI=1S/C16H15NO5/c18-16(22-11-13-4-2-1-3-5-13)12-21-10-14-6-8-15(9-7-14)17(19)20/h1-9H,10-12H2. The molecule has 0 spiro atoms. The number of nitro groups is 1. The fraction of sp³-hybridized carbons (Fsp3) is 0.188. The van der Waals surface area contributed by atoms with Crippen molar-refractivity contribution in [3.63, 3.8) is 0 Å². The number of carbonyl (C=O) groups excluding carboxylic acids is 1. The first-order valence-corrected chi connectivity index (χ1v) is 6.66. The van der Waals surface area contributed by atoms with Crippen molar-refractivity contribution in [3.8, 4) is 0 Å². The van der Waals surface area contributed by atoms with E-state index in [4.69, 9.17) is 9.47 Å². The number of hydrogen-bond donors (Lipinski definition) is 0. The van der Waals surface area contributed by atoms with Crippen molar-refractivity contribution in [2.75, 3.05) is 6.61 Å². The fourth-order valence-electron chi connectivity index (χ4n) is 1.75. The molecule has 2 rings (SSSR count). The summed E-state index contributed by atoms with van der Waals surface area (Å²) in [6.45, 7) is 0.239. The van der Waals surface area contributed by atoms with Crippen molar-refractivity contribution in [3.05, 3.63) is 75.8 Å². The number of ether oxygens (including phenoxy) is 2. The van der Waals surface area contributed by atoms with Crippen LogP contribution in [0.4, 0.5) is 5.69 Å². The lowest BCUT2D eigenvalue weighted by Crippen LogP contribution is -2.12. The van der Waals surface area contributed by atoms with Crippen LogP contribution in [0.5, 0.6) is 0 Å². The van der Waals surface area contributed by atoms with E-state index < -0.39 is 10.9 Å². The summed E-state index contributed by atoms with van der Waals surface area (Å²) < 4.78 is 10.3. The molecule has 114 valence electrons. The van der Waals surface area contributed by atoms with Crippen molar-refractivity contribution >= 4 is 11.7 Å². The van der Waals surface area contributed by atoms with Gasteiger partial charge in [-0.3, -0.25) is 10.1 Å². The predicted molar refractivity (Wildman–Crippen MR) is 79.0 cm³/mol. The molecular formula is C16H15NO5. The molecule has 0 N–H and O–H groups in total. The van der Waals surface area contributed by atoms with Gasteiger partial charge in [0.15, 0.2) is 0 Å². The molecule has 0 atom stereocenters. The number of nitrogens with zero attached hydrogens (tertiary/aromatic N) is 1. The van der Waals surface area contributed by atoms with Crippen LogP contribution < -0.4 is 0 Å². The van der Waals surface area contributed by atoms with E-state index in [1.54, 1.807) is 12.1 Å². The molecule has 0 saturated heterocycles. The molecule has 6 heteroatoms. The van der Waals surface area contributed by atoms with Gasteiger partial charge in [-0.2, -0.15) is 0 Å². The van der Waals surface area contributed by atoms with Gasteiger partial charge < -0.3 is 9.47 Å². The predicted octanol–water partition coefficient (Wildman–Crippen LogP) is 2.85. The van der Waals surface area contributed by atoms with Crippen molar-refractivity contribution in [2.24, 2.45) is 0 Å². The molecule has 0 amide bonds. The minimum absolute atomic E-state index is 0.0195. The molecule has 0 heterocycles. The molecule has 0 unspecified atom stereocenters. The second-order valence-corrected chi connectivity index (χ2v) is 4.56. The summed E-state index contributed by atoms with van der Waals surface area (Å²) >= 11 is 0. The highest BCUT2D eigenvalue weighted by atomic mass is 16.6. The number of esters is 1. The Morgan fingerprint density at radius 3 is 2.23 bits per heavy atom. The molecule has 6 nitrogen and oxygen atoms in total. The first-order chi connectivity index (χ1) is 10.6. The minimum atomic E-state index is -0.467. The average molecular weight is 301 g/mol. The number of non-ortho nitro benzene ring substituents is 1. The SMILES string of the molecule is O=C(COCc1ccc([N+](=O)[O-])cc1)OCc1ccccc1. The number of hydrogen-bond acceptors (Lipinski definition) is 5. The molecule has 2 aromatic carbocycles. The van der Waals surface area contributed by atoms with Gasteiger partial charge >= 0.3 is 5.97 Å². The second kappa shape index (κ2) is 7.90. The average Bonchev–Trinajstić information content (AvgIpc) is 2.54. The van der Waals surface area contributed by atoms with Crippen LogP contribution in [-0.2, 0) is 27.5 Å². The molecule has 2 aromatic rings. The smallest absolute Gasteiger partial charge is 0.332 e. The molecule has 0 fully saturated rings. The summed E-state index contributed by atoms with van der Waals surface area (Å²) in [6.07, 6.45) is 0. The normalized spacial score (nSPS) is 10.2. The van der Waals surface area contributed by atoms with Crippen molar-refractivity contribution < 1.29 is 19.2 Å². The van der Waals surface area contributed by atoms with Crippen LogP contribution in [0, 0.1) is 10.1 Å². The molecule has 22 heavy (non-hydrogen) atoms. The number of nitro benzene ring substituents is 1. The maximum Gasteiger partial charge on any atom is 0.332 e. The summed E-state index contributed by atoms with van der Waals surface area (Å²) in [5.41, 5.74) is 1.68. The summed E-state index contributed by atoms with van der Waals surface area (Å²) in [6, 6.07) is 15.3. The molecule has 0 saturated carbocycles. The third kappa shape index (κ3) is 4.99. The van der Waals surface area contributed by atoms with E-state index in [1.165, 1.54) is 12.1 Å². The van der Waals surface area contributed by atoms with Gasteiger partial charge in [0.1, 0.15) is 13.2 Å². The molecule has 0 radical (unpaired) electrons. The monoisotopic (exact) mass is 301 g/mol. The maximum atomic E-state index is 11.5. The Bertz CT molecular complexity index is 625. The second-order valence-electron chi connectivity index (χ2n) is 4.56. The largest absolute Gasteiger partial charge is 0.459 e. The van der Waals surface area contributed by atoms with Gasteiger partial charge in [0.2, 0.25) is 0 Å². The Kier molecular flexibility index (Phi) is 5.62. The lowest BCUT2D eigenvalue weighted by Gasteiger charge is -2.06. The third-order valence-corrected chi connectivity index (χ3v) is 2.88. The van der Waals surface area contributed by atoms with Crippen LogP contribution >= 0.6 is 0 Å². The summed E-state index contributed by atoms with van der Waals surface area (Å²) in [4.78, 5) is 21.6. The number of carbonyl (C=O) groups is 1. The molecule has 0 bridgehead atoms. The Morgan fingerprint density at radius 2 is 1.59 bits per heavy atom. The number of rotatable bonds is 7. The molecule has 0 aliphatic heterocycles. The van der Waals surface area contributed by atoms with E-state index >= 15 is 0 Å². The zero-order valence-electron chi connectivity index (χ0n) is 11.8. The highest BCUT2D eigenvalue weighted by Crippen LogP contribution is 2.12. The van der Waals surface area contributed by atoms with Gasteiger partial charge in [0, 0.05) is 12.1 Å². The zero-order chi connectivity index (χ0) is 15.8. The van der Waals surface area contributed by atoms with E-state index in [1.807, 2.05) is 30.3 Å². The van der Waals surface area contributed by atoms with E-state index in [0.29, 0.717) is 0 Å². The summed E-state index contributed by atoms with van der Waals surface area (Å²) in [5, 5.41) is 10.5. The third-order valence-electron chi connectivity index (χ3n) is 2.88. The molecular weight excluding hydrogens is 286 g/mol. The van der Waals surface area contributed by atoms with Crippen LogP contribution in [-0.4, -0.2) is 17.5 Å². The van der Waals surface area contributed by atoms with Gasteiger partial charge in [0.05, 0.1) is 11.5 Å². The molecule has 0 aliphatic rings. The first-order valence-electron chi connectivity index (χ1n) is 6.66. The van der Waals surface area contributed by atoms with Gasteiger partial charge in [-0.25, -0.2) is 4.79 Å². The van der Waals surface area contributed by atoms with Gasteiger partial charge in [-0.1, -0.05) is 30.3 Å². The quantitative estimate of drug-likeness (QED) is 0.446. The van der Waals surface area contributed by atoms with E-state index in [2.05, 4.69) is 0 Å². The Labute approximate surface area is 127 Å². The summed E-state index contributed by atoms with van der Waals surface area (Å²) in [5.74, 6) is -0.453. The highest BCUT2D eigenvalue weighted by Gasteiger charge is 2.06. The van der Waals surface area contributed by atoms with Crippen LogP contribution in [0.15, 0.2) is 54.6 Å². The van der Waals surface area contributed by atoms with Crippen LogP contribution in [0.25, 0.3) is 0 Å². The van der Waals surface area contributed by atoms with Crippen LogP contribution in [0.1, 0.15) is 11.1 Å². The first kappa shape index (κ1) is 15.7. The molecule has 0 aromatic heterocycles. The van der Waals surface area contributed by atoms with E-state index in [9.17, 15) is 14.9 Å².